The molecule has 0 N–H and O–H groups in total. The molecule has 6 heteroatoms. The molecule has 1 heterocycles. The normalized spacial score (nSPS) is 22.5. The maximum absolute atomic E-state index is 12.4. The molecule has 0 spiro atoms. The highest BCUT2D eigenvalue weighted by Gasteiger charge is 2.37. The second-order valence-electron chi connectivity index (χ2n) is 5.84. The van der Waals surface area contributed by atoms with Crippen LogP contribution in [0.3, 0.4) is 0 Å². The second kappa shape index (κ2) is 5.78. The van der Waals surface area contributed by atoms with Gasteiger partial charge in [-0.2, -0.15) is 0 Å². The molecule has 3 rings (SSSR count). The van der Waals surface area contributed by atoms with Gasteiger partial charge in [-0.3, -0.25) is 4.31 Å². The Balaban J connectivity index is 1.89. The third-order valence-electron chi connectivity index (χ3n) is 4.60. The van der Waals surface area contributed by atoms with E-state index >= 15 is 0 Å². The summed E-state index contributed by atoms with van der Waals surface area (Å²) in [6.45, 7) is 0.386. The third kappa shape index (κ3) is 2.79. The number of hydrogen-bond donors (Lipinski definition) is 0. The first-order chi connectivity index (χ1) is 10.0. The van der Waals surface area contributed by atoms with Crippen molar-refractivity contribution >= 4 is 27.3 Å². The van der Waals surface area contributed by atoms with E-state index in [9.17, 15) is 8.42 Å². The maximum atomic E-state index is 12.4. The lowest BCUT2D eigenvalue weighted by molar-refractivity contribution is 0.0621. The van der Waals surface area contributed by atoms with Gasteiger partial charge in [0, 0.05) is 17.7 Å². The SMILES string of the molecule is COC(CN1c2cccc(Cl)c2CS1(=O)=O)C1CCCC1. The molecule has 1 aromatic rings. The lowest BCUT2D eigenvalue weighted by Crippen LogP contribution is -2.38. The molecule has 0 aromatic heterocycles. The van der Waals surface area contributed by atoms with Crippen molar-refractivity contribution in [3.05, 3.63) is 28.8 Å². The quantitative estimate of drug-likeness (QED) is 0.852. The number of fused-ring (bicyclic) bond motifs is 1. The van der Waals surface area contributed by atoms with Crippen LogP contribution in [-0.2, 0) is 20.5 Å². The van der Waals surface area contributed by atoms with E-state index < -0.39 is 10.0 Å². The van der Waals surface area contributed by atoms with E-state index in [1.54, 1.807) is 19.2 Å². The average Bonchev–Trinajstić information content (AvgIpc) is 3.04. The topological polar surface area (TPSA) is 46.6 Å². The second-order valence-corrected chi connectivity index (χ2v) is 8.14. The van der Waals surface area contributed by atoms with Crippen LogP contribution >= 0.6 is 11.6 Å². The van der Waals surface area contributed by atoms with Gasteiger partial charge in [-0.05, 0) is 30.9 Å². The minimum absolute atomic E-state index is 0.0108. The Morgan fingerprint density at radius 3 is 2.76 bits per heavy atom. The van der Waals surface area contributed by atoms with E-state index in [1.807, 2.05) is 6.07 Å². The summed E-state index contributed by atoms with van der Waals surface area (Å²) in [7, 11) is -1.66. The van der Waals surface area contributed by atoms with Gasteiger partial charge >= 0.3 is 0 Å². The van der Waals surface area contributed by atoms with Crippen LogP contribution < -0.4 is 4.31 Å². The Hall–Kier alpha value is -0.780. The van der Waals surface area contributed by atoms with Gasteiger partial charge in [0.05, 0.1) is 24.1 Å². The predicted octanol–water partition coefficient (Wildman–Crippen LogP) is 3.20. The molecular weight excluding hydrogens is 310 g/mol. The van der Waals surface area contributed by atoms with Crippen molar-refractivity contribution in [3.8, 4) is 0 Å². The summed E-state index contributed by atoms with van der Waals surface area (Å²) in [4.78, 5) is 0. The third-order valence-corrected chi connectivity index (χ3v) is 6.62. The number of methoxy groups -OCH3 is 1. The minimum atomic E-state index is -3.33. The number of nitrogens with zero attached hydrogens (tertiary/aromatic N) is 1. The molecule has 1 aromatic carbocycles. The molecule has 1 saturated carbocycles. The predicted molar refractivity (Wildman–Crippen MR) is 84.2 cm³/mol. The Morgan fingerprint density at radius 2 is 2.10 bits per heavy atom. The zero-order valence-electron chi connectivity index (χ0n) is 12.1. The zero-order chi connectivity index (χ0) is 15.0. The van der Waals surface area contributed by atoms with Crippen LogP contribution in [0.5, 0.6) is 0 Å². The Morgan fingerprint density at radius 1 is 1.38 bits per heavy atom. The minimum Gasteiger partial charge on any atom is -0.379 e. The molecule has 1 fully saturated rings. The van der Waals surface area contributed by atoms with E-state index in [4.69, 9.17) is 16.3 Å². The molecule has 1 aliphatic heterocycles. The fourth-order valence-electron chi connectivity index (χ4n) is 3.45. The van der Waals surface area contributed by atoms with E-state index in [2.05, 4.69) is 0 Å². The highest BCUT2D eigenvalue weighted by atomic mass is 35.5. The van der Waals surface area contributed by atoms with Crippen molar-refractivity contribution in [1.29, 1.82) is 0 Å². The van der Waals surface area contributed by atoms with Crippen LogP contribution in [0.2, 0.25) is 5.02 Å². The van der Waals surface area contributed by atoms with Crippen LogP contribution in [0, 0.1) is 5.92 Å². The Labute approximate surface area is 131 Å². The summed E-state index contributed by atoms with van der Waals surface area (Å²) < 4.78 is 32.0. The molecule has 116 valence electrons. The number of anilines is 1. The lowest BCUT2D eigenvalue weighted by Gasteiger charge is -2.28. The molecule has 4 nitrogen and oxygen atoms in total. The molecule has 1 unspecified atom stereocenters. The Bertz CT molecular complexity index is 626. The average molecular weight is 330 g/mol. The van der Waals surface area contributed by atoms with Gasteiger partial charge in [0.15, 0.2) is 0 Å². The van der Waals surface area contributed by atoms with Crippen molar-refractivity contribution in [2.75, 3.05) is 18.0 Å². The number of hydrogen-bond acceptors (Lipinski definition) is 3. The van der Waals surface area contributed by atoms with Crippen LogP contribution in [0.1, 0.15) is 31.2 Å². The molecule has 2 aliphatic rings. The van der Waals surface area contributed by atoms with Gasteiger partial charge in [0.25, 0.3) is 0 Å². The molecule has 0 radical (unpaired) electrons. The summed E-state index contributed by atoms with van der Waals surface area (Å²) in [6, 6.07) is 5.36. The summed E-state index contributed by atoms with van der Waals surface area (Å²) >= 11 is 6.14. The van der Waals surface area contributed by atoms with Crippen LogP contribution in [0.25, 0.3) is 0 Å². The fourth-order valence-corrected chi connectivity index (χ4v) is 5.44. The number of rotatable bonds is 4. The molecule has 0 saturated heterocycles. The summed E-state index contributed by atoms with van der Waals surface area (Å²) in [5.74, 6) is 0.441. The van der Waals surface area contributed by atoms with Gasteiger partial charge in [-0.25, -0.2) is 8.42 Å². The van der Waals surface area contributed by atoms with Crippen molar-refractivity contribution in [3.63, 3.8) is 0 Å². The Kier molecular flexibility index (Phi) is 4.17. The van der Waals surface area contributed by atoms with Gasteiger partial charge in [0.1, 0.15) is 0 Å². The van der Waals surface area contributed by atoms with E-state index in [1.165, 1.54) is 17.1 Å². The molecule has 1 atom stereocenters. The highest BCUT2D eigenvalue weighted by Crippen LogP contribution is 2.39. The van der Waals surface area contributed by atoms with Crippen molar-refractivity contribution in [2.45, 2.75) is 37.5 Å². The number of ether oxygens (including phenoxy) is 1. The summed E-state index contributed by atoms with van der Waals surface area (Å²) in [6.07, 6.45) is 4.61. The zero-order valence-corrected chi connectivity index (χ0v) is 13.7. The van der Waals surface area contributed by atoms with E-state index in [0.717, 1.165) is 12.8 Å². The number of benzene rings is 1. The van der Waals surface area contributed by atoms with Crippen LogP contribution in [0.4, 0.5) is 5.69 Å². The smallest absolute Gasteiger partial charge is 0.239 e. The van der Waals surface area contributed by atoms with Crippen LogP contribution in [-0.4, -0.2) is 28.2 Å². The maximum Gasteiger partial charge on any atom is 0.239 e. The van der Waals surface area contributed by atoms with Crippen LogP contribution in [0.15, 0.2) is 18.2 Å². The first kappa shape index (κ1) is 15.1. The van der Waals surface area contributed by atoms with Gasteiger partial charge < -0.3 is 4.74 Å². The monoisotopic (exact) mass is 329 g/mol. The molecule has 1 aliphatic carbocycles. The summed E-state index contributed by atoms with van der Waals surface area (Å²) in [5.41, 5.74) is 1.42. The van der Waals surface area contributed by atoms with Gasteiger partial charge in [-0.15, -0.1) is 0 Å². The largest absolute Gasteiger partial charge is 0.379 e. The van der Waals surface area contributed by atoms with Gasteiger partial charge in [0.2, 0.25) is 10.0 Å². The number of sulfonamides is 1. The lowest BCUT2D eigenvalue weighted by atomic mass is 10.0. The van der Waals surface area contributed by atoms with Crippen molar-refractivity contribution < 1.29 is 13.2 Å². The first-order valence-corrected chi connectivity index (χ1v) is 9.32. The molecule has 0 amide bonds. The molecular formula is C15H20ClNO3S. The van der Waals surface area contributed by atoms with E-state index in [0.29, 0.717) is 28.7 Å². The van der Waals surface area contributed by atoms with E-state index in [-0.39, 0.29) is 11.9 Å². The van der Waals surface area contributed by atoms with Crippen molar-refractivity contribution in [1.82, 2.24) is 0 Å². The van der Waals surface area contributed by atoms with Gasteiger partial charge in [-0.1, -0.05) is 30.5 Å². The summed E-state index contributed by atoms with van der Waals surface area (Å²) in [5, 5.41) is 0.522. The standard InChI is InChI=1S/C15H20ClNO3S/c1-20-15(11-5-2-3-6-11)9-17-14-8-4-7-13(16)12(14)10-21(17,18)19/h4,7-8,11,15H,2-3,5-6,9-10H2,1H3. The first-order valence-electron chi connectivity index (χ1n) is 7.33. The van der Waals surface area contributed by atoms with Crippen molar-refractivity contribution in [2.24, 2.45) is 5.92 Å². The number of halogens is 1. The molecule has 21 heavy (non-hydrogen) atoms. The highest BCUT2D eigenvalue weighted by molar-refractivity contribution is 7.92. The molecule has 0 bridgehead atoms. The fraction of sp³-hybridized carbons (Fsp3) is 0.600.